The van der Waals surface area contributed by atoms with Crippen molar-refractivity contribution in [1.82, 2.24) is 9.78 Å². The zero-order chi connectivity index (χ0) is 20.8. The second kappa shape index (κ2) is 7.40. The van der Waals surface area contributed by atoms with E-state index in [0.717, 1.165) is 34.3 Å². The minimum Gasteiger partial charge on any atom is -0.497 e. The lowest BCUT2D eigenvalue weighted by molar-refractivity contribution is -0.122. The van der Waals surface area contributed by atoms with Crippen molar-refractivity contribution in [3.63, 3.8) is 0 Å². The highest BCUT2D eigenvalue weighted by molar-refractivity contribution is 7.98. The van der Waals surface area contributed by atoms with Crippen LogP contribution in [0.15, 0.2) is 24.3 Å². The van der Waals surface area contributed by atoms with Gasteiger partial charge in [0.15, 0.2) is 0 Å². The molecular weight excluding hydrogens is 388 g/mol. The lowest BCUT2D eigenvalue weighted by Crippen LogP contribution is -2.31. The molecule has 154 valence electrons. The Hall–Kier alpha value is -2.48. The van der Waals surface area contributed by atoms with E-state index in [0.29, 0.717) is 12.3 Å². The van der Waals surface area contributed by atoms with Gasteiger partial charge in [-0.2, -0.15) is 16.9 Å². The van der Waals surface area contributed by atoms with Crippen molar-refractivity contribution in [2.45, 2.75) is 44.2 Å². The lowest BCUT2D eigenvalue weighted by atomic mass is 10.1. The molecule has 1 saturated heterocycles. The standard InChI is InChI=1S/C21H26N4O3S/c1-21(2,3)25-19(16-11-29-12-17(16)23-25)22-20(27)13-8-18(26)24(10-13)14-6-5-7-15(9-14)28-4/h5-7,9,13H,8,10-12H2,1-4H3,(H,22,27). The summed E-state index contributed by atoms with van der Waals surface area (Å²) >= 11 is 1.80. The number of hydrogen-bond acceptors (Lipinski definition) is 5. The molecule has 1 fully saturated rings. The van der Waals surface area contributed by atoms with Gasteiger partial charge in [-0.1, -0.05) is 6.07 Å². The number of methoxy groups -OCH3 is 1. The summed E-state index contributed by atoms with van der Waals surface area (Å²) in [5.74, 6) is 2.59. The normalized spacial score (nSPS) is 18.8. The number of fused-ring (bicyclic) bond motifs is 1. The number of carbonyl (C=O) groups excluding carboxylic acids is 2. The molecule has 4 rings (SSSR count). The molecule has 8 heteroatoms. The van der Waals surface area contributed by atoms with Crippen LogP contribution in [-0.2, 0) is 26.6 Å². The number of ether oxygens (including phenoxy) is 1. The summed E-state index contributed by atoms with van der Waals surface area (Å²) in [6, 6.07) is 7.36. The summed E-state index contributed by atoms with van der Waals surface area (Å²) in [6.07, 6.45) is 0.198. The van der Waals surface area contributed by atoms with Crippen LogP contribution >= 0.6 is 11.8 Å². The maximum Gasteiger partial charge on any atom is 0.230 e. The van der Waals surface area contributed by atoms with Gasteiger partial charge in [-0.3, -0.25) is 9.59 Å². The number of anilines is 2. The highest BCUT2D eigenvalue weighted by atomic mass is 32.2. The van der Waals surface area contributed by atoms with Gasteiger partial charge in [0.2, 0.25) is 11.8 Å². The molecule has 2 aliphatic heterocycles. The van der Waals surface area contributed by atoms with Crippen molar-refractivity contribution in [2.75, 3.05) is 23.9 Å². The van der Waals surface area contributed by atoms with Crippen LogP contribution in [0.2, 0.25) is 0 Å². The molecule has 1 unspecified atom stereocenters. The van der Waals surface area contributed by atoms with Crippen molar-refractivity contribution >= 4 is 35.1 Å². The maximum atomic E-state index is 13.1. The summed E-state index contributed by atoms with van der Waals surface area (Å²) in [5, 5.41) is 7.83. The third-order valence-electron chi connectivity index (χ3n) is 5.29. The zero-order valence-corrected chi connectivity index (χ0v) is 18.0. The molecule has 1 aromatic heterocycles. The second-order valence-corrected chi connectivity index (χ2v) is 9.43. The summed E-state index contributed by atoms with van der Waals surface area (Å²) in [5.41, 5.74) is 2.66. The number of benzene rings is 1. The van der Waals surface area contributed by atoms with Crippen molar-refractivity contribution < 1.29 is 14.3 Å². The third-order valence-corrected chi connectivity index (χ3v) is 6.26. The van der Waals surface area contributed by atoms with Gasteiger partial charge in [0, 0.05) is 41.8 Å². The monoisotopic (exact) mass is 414 g/mol. The van der Waals surface area contributed by atoms with Gasteiger partial charge in [-0.05, 0) is 32.9 Å². The number of nitrogens with one attached hydrogen (secondary N) is 1. The van der Waals surface area contributed by atoms with E-state index in [4.69, 9.17) is 9.84 Å². The van der Waals surface area contributed by atoms with Gasteiger partial charge < -0.3 is 15.0 Å². The predicted molar refractivity (Wildman–Crippen MR) is 114 cm³/mol. The van der Waals surface area contributed by atoms with E-state index in [2.05, 4.69) is 26.1 Å². The maximum absolute atomic E-state index is 13.1. The summed E-state index contributed by atoms with van der Waals surface area (Å²) in [6.45, 7) is 6.57. The number of hydrogen-bond donors (Lipinski definition) is 1. The van der Waals surface area contributed by atoms with E-state index in [1.54, 1.807) is 23.8 Å². The molecule has 2 aliphatic rings. The Morgan fingerprint density at radius 2 is 2.10 bits per heavy atom. The number of thioether (sulfide) groups is 1. The Morgan fingerprint density at radius 3 is 2.83 bits per heavy atom. The fraction of sp³-hybridized carbons (Fsp3) is 0.476. The average Bonchev–Trinajstić information content (AvgIpc) is 3.37. The Balaban J connectivity index is 1.54. The van der Waals surface area contributed by atoms with Gasteiger partial charge in [0.05, 0.1) is 24.3 Å². The molecular formula is C21H26N4O3S. The van der Waals surface area contributed by atoms with E-state index in [-0.39, 0.29) is 23.8 Å². The molecule has 0 bridgehead atoms. The molecule has 0 spiro atoms. The van der Waals surface area contributed by atoms with Gasteiger partial charge in [0.1, 0.15) is 11.6 Å². The van der Waals surface area contributed by atoms with Crippen molar-refractivity contribution in [1.29, 1.82) is 0 Å². The van der Waals surface area contributed by atoms with Crippen molar-refractivity contribution in [2.24, 2.45) is 5.92 Å². The van der Waals surface area contributed by atoms with Crippen LogP contribution < -0.4 is 15.0 Å². The third kappa shape index (κ3) is 3.73. The van der Waals surface area contributed by atoms with Crippen LogP contribution in [0.1, 0.15) is 38.4 Å². The Kier molecular flexibility index (Phi) is 5.06. The largest absolute Gasteiger partial charge is 0.497 e. The number of aromatic nitrogens is 2. The number of nitrogens with zero attached hydrogens (tertiary/aromatic N) is 3. The fourth-order valence-corrected chi connectivity index (χ4v) is 4.79. The van der Waals surface area contributed by atoms with Gasteiger partial charge >= 0.3 is 0 Å². The SMILES string of the molecule is COc1cccc(N2CC(C(=O)Nc3c4c(nn3C(C)(C)C)CSC4)CC2=O)c1. The van der Waals surface area contributed by atoms with Crippen LogP contribution in [-0.4, -0.2) is 35.2 Å². The van der Waals surface area contributed by atoms with E-state index in [9.17, 15) is 9.59 Å². The Morgan fingerprint density at radius 1 is 1.31 bits per heavy atom. The second-order valence-electron chi connectivity index (χ2n) is 8.45. The molecule has 0 saturated carbocycles. The Bertz CT molecular complexity index is 963. The number of amides is 2. The summed E-state index contributed by atoms with van der Waals surface area (Å²) < 4.78 is 7.16. The summed E-state index contributed by atoms with van der Waals surface area (Å²) in [7, 11) is 1.59. The first-order chi connectivity index (χ1) is 13.8. The zero-order valence-electron chi connectivity index (χ0n) is 17.2. The first kappa shape index (κ1) is 19.8. The van der Waals surface area contributed by atoms with E-state index in [1.807, 2.05) is 28.9 Å². The topological polar surface area (TPSA) is 76.5 Å². The van der Waals surface area contributed by atoms with E-state index < -0.39 is 5.92 Å². The minimum absolute atomic E-state index is 0.0523. The first-order valence-corrected chi connectivity index (χ1v) is 10.9. The van der Waals surface area contributed by atoms with Crippen molar-refractivity contribution in [3.05, 3.63) is 35.5 Å². The molecule has 1 atom stereocenters. The van der Waals surface area contributed by atoms with Gasteiger partial charge in [-0.25, -0.2) is 4.68 Å². The molecule has 2 amide bonds. The van der Waals surface area contributed by atoms with E-state index >= 15 is 0 Å². The van der Waals surface area contributed by atoms with Crippen LogP contribution in [0.3, 0.4) is 0 Å². The molecule has 3 heterocycles. The van der Waals surface area contributed by atoms with Crippen LogP contribution in [0.5, 0.6) is 5.75 Å². The summed E-state index contributed by atoms with van der Waals surface area (Å²) in [4.78, 5) is 27.3. The lowest BCUT2D eigenvalue weighted by Gasteiger charge is -2.24. The predicted octanol–water partition coefficient (Wildman–Crippen LogP) is 3.39. The minimum atomic E-state index is -0.401. The number of rotatable bonds is 4. The Labute approximate surface area is 174 Å². The molecule has 1 N–H and O–H groups in total. The quantitative estimate of drug-likeness (QED) is 0.830. The van der Waals surface area contributed by atoms with Crippen molar-refractivity contribution in [3.8, 4) is 5.75 Å². The first-order valence-electron chi connectivity index (χ1n) is 9.72. The van der Waals surface area contributed by atoms with Gasteiger partial charge in [-0.15, -0.1) is 0 Å². The van der Waals surface area contributed by atoms with Crippen LogP contribution in [0.25, 0.3) is 0 Å². The average molecular weight is 415 g/mol. The molecule has 0 radical (unpaired) electrons. The molecule has 7 nitrogen and oxygen atoms in total. The fourth-order valence-electron chi connectivity index (χ4n) is 3.76. The highest BCUT2D eigenvalue weighted by Gasteiger charge is 2.37. The van der Waals surface area contributed by atoms with Gasteiger partial charge in [0.25, 0.3) is 0 Å². The molecule has 29 heavy (non-hydrogen) atoms. The van der Waals surface area contributed by atoms with Crippen LogP contribution in [0.4, 0.5) is 11.5 Å². The van der Waals surface area contributed by atoms with E-state index in [1.165, 1.54) is 0 Å². The van der Waals surface area contributed by atoms with Crippen LogP contribution in [0, 0.1) is 5.92 Å². The highest BCUT2D eigenvalue weighted by Crippen LogP contribution is 2.37. The molecule has 1 aromatic carbocycles. The molecule has 0 aliphatic carbocycles. The molecule has 2 aromatic rings. The number of carbonyl (C=O) groups is 2. The smallest absolute Gasteiger partial charge is 0.230 e.